The summed E-state index contributed by atoms with van der Waals surface area (Å²) < 4.78 is 37.9. The van der Waals surface area contributed by atoms with Crippen LogP contribution in [0.1, 0.15) is 43.2 Å². The Labute approximate surface area is 198 Å². The second-order valence-electron chi connectivity index (χ2n) is 5.42. The van der Waals surface area contributed by atoms with E-state index in [2.05, 4.69) is 15.9 Å². The predicted octanol–water partition coefficient (Wildman–Crippen LogP) is -2.01. The molecule has 1 aromatic rings. The molecule has 0 spiro atoms. The van der Waals surface area contributed by atoms with Crippen LogP contribution in [0.25, 0.3) is 0 Å². The third-order valence-corrected chi connectivity index (χ3v) is 6.77. The van der Waals surface area contributed by atoms with E-state index in [4.69, 9.17) is 0 Å². The number of hydrogen-bond acceptors (Lipinski definition) is 4. The maximum Gasteiger partial charge on any atom is 1.00 e. The average Bonchev–Trinajstić information content (AvgIpc) is 2.45. The first-order valence-corrected chi connectivity index (χ1v) is 10.4. The number of alkyl halides is 2. The summed E-state index contributed by atoms with van der Waals surface area (Å²) in [6.45, 7) is 0. The smallest absolute Gasteiger partial charge is 0.806 e. The molecule has 0 radical (unpaired) electrons. The monoisotopic (exact) mass is 458 g/mol. The second-order valence-corrected chi connectivity index (χ2v) is 9.12. The van der Waals surface area contributed by atoms with Gasteiger partial charge in [-0.05, 0) is 24.5 Å². The molecule has 124 valence electrons. The Balaban J connectivity index is 0.00000264. The van der Waals surface area contributed by atoms with E-state index in [0.717, 1.165) is 11.6 Å². The zero-order valence-electron chi connectivity index (χ0n) is 13.8. The molecule has 0 saturated heterocycles. The van der Waals surface area contributed by atoms with Gasteiger partial charge in [0.05, 0.1) is 0 Å². The molecule has 0 N–H and O–H groups in total. The minimum atomic E-state index is -6.04. The SMILES string of the molecule is O=P([O-])([O-])C(F)(F)c1ccc(CSC2CCCCC2)cc1Br.[Na+].[Na+]. The maximum absolute atomic E-state index is 13.6. The zero-order chi connectivity index (χ0) is 16.4. The molecular formula is C14H16BrF2Na2O3PS. The van der Waals surface area contributed by atoms with Gasteiger partial charge in [0.1, 0.15) is 0 Å². The molecule has 0 unspecified atom stereocenters. The van der Waals surface area contributed by atoms with Gasteiger partial charge >= 0.3 is 59.1 Å². The molecule has 0 aliphatic heterocycles. The fourth-order valence-corrected chi connectivity index (χ4v) is 5.08. The number of halogens is 3. The van der Waals surface area contributed by atoms with Crippen LogP contribution in [0, 0.1) is 0 Å². The van der Waals surface area contributed by atoms with Crippen molar-refractivity contribution in [3.63, 3.8) is 0 Å². The minimum absolute atomic E-state index is 0. The van der Waals surface area contributed by atoms with Crippen molar-refractivity contribution in [3.05, 3.63) is 33.8 Å². The van der Waals surface area contributed by atoms with Gasteiger partial charge in [-0.2, -0.15) is 20.5 Å². The Bertz CT molecular complexity index is 583. The molecule has 1 aliphatic carbocycles. The van der Waals surface area contributed by atoms with Gasteiger partial charge in [-0.15, -0.1) is 0 Å². The summed E-state index contributed by atoms with van der Waals surface area (Å²) in [7, 11) is -6.04. The summed E-state index contributed by atoms with van der Waals surface area (Å²) in [6.07, 6.45) is 6.09. The number of thioether (sulfide) groups is 1. The molecule has 0 amide bonds. The van der Waals surface area contributed by atoms with Crippen molar-refractivity contribution in [1.82, 2.24) is 0 Å². The van der Waals surface area contributed by atoms with E-state index in [1.165, 1.54) is 44.2 Å². The van der Waals surface area contributed by atoms with E-state index in [1.807, 2.05) is 0 Å². The van der Waals surface area contributed by atoms with Crippen molar-refractivity contribution in [2.45, 2.75) is 48.8 Å². The van der Waals surface area contributed by atoms with Crippen molar-refractivity contribution in [3.8, 4) is 0 Å². The number of benzene rings is 1. The summed E-state index contributed by atoms with van der Waals surface area (Å²) in [4.78, 5) is 21.4. The van der Waals surface area contributed by atoms with Crippen molar-refractivity contribution in [2.75, 3.05) is 0 Å². The number of rotatable bonds is 5. The van der Waals surface area contributed by atoms with Crippen molar-refractivity contribution < 1.29 is 82.2 Å². The average molecular weight is 459 g/mol. The van der Waals surface area contributed by atoms with Gasteiger partial charge in [-0.1, -0.05) is 47.3 Å². The Morgan fingerprint density at radius 1 is 1.21 bits per heavy atom. The summed E-state index contributed by atoms with van der Waals surface area (Å²) in [5.74, 6) is 0.682. The van der Waals surface area contributed by atoms with Crippen molar-refractivity contribution in [1.29, 1.82) is 0 Å². The fraction of sp³-hybridized carbons (Fsp3) is 0.571. The van der Waals surface area contributed by atoms with E-state index < -0.39 is 18.8 Å². The van der Waals surface area contributed by atoms with Gasteiger partial charge in [-0.3, -0.25) is 0 Å². The third-order valence-electron chi connectivity index (χ3n) is 3.74. The molecule has 1 fully saturated rings. The first kappa shape index (κ1) is 26.1. The van der Waals surface area contributed by atoms with Crippen LogP contribution in [-0.4, -0.2) is 5.25 Å². The maximum atomic E-state index is 13.6. The first-order valence-electron chi connectivity index (χ1n) is 7.02. The van der Waals surface area contributed by atoms with Crippen LogP contribution in [0.15, 0.2) is 22.7 Å². The molecule has 0 aromatic heterocycles. The molecule has 3 nitrogen and oxygen atoms in total. The molecule has 2 rings (SSSR count). The largest absolute Gasteiger partial charge is 1.00 e. The van der Waals surface area contributed by atoms with Crippen molar-refractivity contribution >= 4 is 35.3 Å². The van der Waals surface area contributed by atoms with Gasteiger partial charge in [0.2, 0.25) is 0 Å². The topological polar surface area (TPSA) is 63.2 Å². The van der Waals surface area contributed by atoms with Gasteiger partial charge in [0, 0.05) is 28.6 Å². The molecule has 0 bridgehead atoms. The van der Waals surface area contributed by atoms with E-state index in [0.29, 0.717) is 11.0 Å². The molecule has 24 heavy (non-hydrogen) atoms. The van der Waals surface area contributed by atoms with Gasteiger partial charge < -0.3 is 14.4 Å². The van der Waals surface area contributed by atoms with Crippen LogP contribution >= 0.6 is 35.3 Å². The summed E-state index contributed by atoms with van der Waals surface area (Å²) in [5.41, 5.74) is -4.37. The minimum Gasteiger partial charge on any atom is -0.806 e. The molecule has 1 aliphatic rings. The second kappa shape index (κ2) is 11.2. The Morgan fingerprint density at radius 2 is 1.79 bits per heavy atom. The van der Waals surface area contributed by atoms with Gasteiger partial charge in [0.15, 0.2) is 0 Å². The van der Waals surface area contributed by atoms with Crippen LogP contribution in [-0.2, 0) is 16.0 Å². The molecule has 1 aromatic carbocycles. The third kappa shape index (κ3) is 6.90. The molecule has 0 heterocycles. The quantitative estimate of drug-likeness (QED) is 0.377. The van der Waals surface area contributed by atoms with E-state index in [1.54, 1.807) is 11.8 Å². The van der Waals surface area contributed by atoms with Gasteiger partial charge in [-0.25, -0.2) is 0 Å². The fourth-order valence-electron chi connectivity index (χ4n) is 2.49. The molecule has 0 atom stereocenters. The van der Waals surface area contributed by atoms with Gasteiger partial charge in [0.25, 0.3) is 5.66 Å². The molecule has 10 heteroatoms. The Hall–Kier alpha value is 2.06. The van der Waals surface area contributed by atoms with Crippen molar-refractivity contribution in [2.24, 2.45) is 0 Å². The normalized spacial score (nSPS) is 16.2. The van der Waals surface area contributed by atoms with E-state index in [9.17, 15) is 23.1 Å². The number of hydrogen-bond donors (Lipinski definition) is 0. The van der Waals surface area contributed by atoms with Crippen LogP contribution < -0.4 is 68.9 Å². The Morgan fingerprint density at radius 3 is 2.29 bits per heavy atom. The first-order chi connectivity index (χ1) is 10.2. The zero-order valence-corrected chi connectivity index (χ0v) is 21.1. The molecular weight excluding hydrogens is 443 g/mol. The summed E-state index contributed by atoms with van der Waals surface area (Å²) >= 11 is 4.74. The van der Waals surface area contributed by atoms with Crippen LogP contribution in [0.3, 0.4) is 0 Å². The standard InChI is InChI=1S/C14H18BrF2O3PS.2Na/c15-13-8-10(9-22-11-4-2-1-3-5-11)6-7-12(13)14(16,17)21(18,19)20;;/h6-8,11H,1-5,9H2,(H2,18,19,20);;/q;2*+1/p-2. The summed E-state index contributed by atoms with van der Waals surface area (Å²) in [6, 6.07) is 3.94. The van der Waals surface area contributed by atoms with E-state index >= 15 is 0 Å². The molecule has 1 saturated carbocycles. The predicted molar refractivity (Wildman–Crippen MR) is 83.8 cm³/mol. The van der Waals surface area contributed by atoms with Crippen LogP contribution in [0.4, 0.5) is 8.78 Å². The summed E-state index contributed by atoms with van der Waals surface area (Å²) in [5, 5.41) is 0.595. The van der Waals surface area contributed by atoms with Crippen LogP contribution in [0.2, 0.25) is 0 Å². The Kier molecular flexibility index (Phi) is 12.1. The van der Waals surface area contributed by atoms with Crippen LogP contribution in [0.5, 0.6) is 0 Å². The van der Waals surface area contributed by atoms with E-state index in [-0.39, 0.29) is 63.6 Å².